The molecule has 0 N–H and O–H groups in total. The van der Waals surface area contributed by atoms with Crippen LogP contribution in [0.2, 0.25) is 0 Å². The van der Waals surface area contributed by atoms with Crippen LogP contribution in [0.3, 0.4) is 0 Å². The first-order valence-corrected chi connectivity index (χ1v) is 7.90. The Labute approximate surface area is 143 Å². The highest BCUT2D eigenvalue weighted by Crippen LogP contribution is 2.10. The van der Waals surface area contributed by atoms with Gasteiger partial charge in [0.25, 0.3) is 0 Å². The van der Waals surface area contributed by atoms with E-state index in [1.807, 2.05) is 55.5 Å². The highest BCUT2D eigenvalue weighted by molar-refractivity contribution is 5.77. The van der Waals surface area contributed by atoms with E-state index in [2.05, 4.69) is 42.9 Å². The Morgan fingerprint density at radius 2 is 1.62 bits per heavy atom. The van der Waals surface area contributed by atoms with Gasteiger partial charge in [-0.15, -0.1) is 0 Å². The smallest absolute Gasteiger partial charge is 0.0613 e. The minimum atomic E-state index is 1.07. The zero-order valence-corrected chi connectivity index (χ0v) is 14.2. The second kappa shape index (κ2) is 7.98. The van der Waals surface area contributed by atoms with Gasteiger partial charge in [-0.3, -0.25) is 0 Å². The van der Waals surface area contributed by atoms with Gasteiger partial charge >= 0.3 is 0 Å². The summed E-state index contributed by atoms with van der Waals surface area (Å²) in [5.41, 5.74) is 3.30. The van der Waals surface area contributed by atoms with Gasteiger partial charge in [-0.1, -0.05) is 81.0 Å². The van der Waals surface area contributed by atoms with Crippen LogP contribution in [-0.4, -0.2) is 4.40 Å². The molecule has 0 aromatic carbocycles. The monoisotopic (exact) mass is 313 g/mol. The molecule has 0 radical (unpaired) electrons. The average Bonchev–Trinajstić information content (AvgIpc) is 3.06. The molecule has 24 heavy (non-hydrogen) atoms. The van der Waals surface area contributed by atoms with Gasteiger partial charge in [0.2, 0.25) is 0 Å². The fourth-order valence-electron chi connectivity index (χ4n) is 2.89. The maximum atomic E-state index is 4.01. The van der Waals surface area contributed by atoms with Crippen molar-refractivity contribution >= 4 is 35.9 Å². The molecule has 120 valence electrons. The molecule has 0 saturated carbocycles. The summed E-state index contributed by atoms with van der Waals surface area (Å²) in [5.74, 6) is 0. The molecule has 2 rings (SSSR count). The SMILES string of the molecule is C=C/C=c1/c(C=C)c2/c(=C\C=C)cc(/C=C\C=C/C)n2/c1=C/C=C. The summed E-state index contributed by atoms with van der Waals surface area (Å²) < 4.78 is 2.23. The number of allylic oxidation sites excluding steroid dienone is 6. The molecule has 0 aliphatic rings. The van der Waals surface area contributed by atoms with Gasteiger partial charge in [-0.05, 0) is 25.1 Å². The van der Waals surface area contributed by atoms with Crippen molar-refractivity contribution in [1.82, 2.24) is 4.40 Å². The summed E-state index contributed by atoms with van der Waals surface area (Å²) >= 11 is 0. The molecule has 0 bridgehead atoms. The summed E-state index contributed by atoms with van der Waals surface area (Å²) in [6.07, 6.45) is 21.5. The Balaban J connectivity index is 3.16. The van der Waals surface area contributed by atoms with E-state index < -0.39 is 0 Å². The van der Waals surface area contributed by atoms with Gasteiger partial charge in [0.05, 0.1) is 10.9 Å². The lowest BCUT2D eigenvalue weighted by Crippen LogP contribution is -2.26. The van der Waals surface area contributed by atoms with E-state index >= 15 is 0 Å². The van der Waals surface area contributed by atoms with Crippen molar-refractivity contribution in [2.75, 3.05) is 0 Å². The Morgan fingerprint density at radius 3 is 2.21 bits per heavy atom. The number of rotatable bonds is 6. The van der Waals surface area contributed by atoms with Gasteiger partial charge in [-0.2, -0.15) is 0 Å². The number of nitrogens with zero attached hydrogens (tertiary/aromatic N) is 1. The Morgan fingerprint density at radius 1 is 0.917 bits per heavy atom. The molecule has 2 aromatic rings. The molecule has 0 amide bonds. The quantitative estimate of drug-likeness (QED) is 0.715. The van der Waals surface area contributed by atoms with Crippen molar-refractivity contribution in [3.05, 3.63) is 95.9 Å². The summed E-state index contributed by atoms with van der Waals surface area (Å²) in [5, 5.41) is 3.27. The number of hydrogen-bond acceptors (Lipinski definition) is 0. The number of hydrogen-bond donors (Lipinski definition) is 0. The summed E-state index contributed by atoms with van der Waals surface area (Å²) in [6, 6.07) is 2.15. The molecule has 0 spiro atoms. The van der Waals surface area contributed by atoms with Gasteiger partial charge in [0, 0.05) is 21.7 Å². The van der Waals surface area contributed by atoms with Gasteiger partial charge in [0.15, 0.2) is 0 Å². The lowest BCUT2D eigenvalue weighted by molar-refractivity contribution is 1.14. The van der Waals surface area contributed by atoms with Crippen LogP contribution in [0.15, 0.2) is 68.8 Å². The number of fused-ring (bicyclic) bond motifs is 1. The van der Waals surface area contributed by atoms with E-state index in [4.69, 9.17) is 0 Å². The topological polar surface area (TPSA) is 4.41 Å². The standard InChI is InChI=1S/C23H23N/c1-6-11-12-16-19-17-18(13-7-2)23-20(10-5)21(14-8-3)22(15-9-4)24(19)23/h6-17H,2-5H2,1H3/b11-6-,16-12-,18-13-,21-14-,22-15+. The average molecular weight is 313 g/mol. The maximum Gasteiger partial charge on any atom is 0.0613 e. The van der Waals surface area contributed by atoms with Crippen molar-refractivity contribution in [3.63, 3.8) is 0 Å². The Kier molecular flexibility index (Phi) is 5.75. The van der Waals surface area contributed by atoms with Crippen molar-refractivity contribution < 1.29 is 0 Å². The predicted octanol–water partition coefficient (Wildman–Crippen LogP) is 3.79. The van der Waals surface area contributed by atoms with Crippen LogP contribution in [0.1, 0.15) is 18.2 Å². The van der Waals surface area contributed by atoms with Crippen LogP contribution in [0.4, 0.5) is 0 Å². The van der Waals surface area contributed by atoms with E-state index in [0.717, 1.165) is 32.6 Å². The molecule has 1 heteroatoms. The fraction of sp³-hybridized carbons (Fsp3) is 0.0435. The predicted molar refractivity (Wildman–Crippen MR) is 110 cm³/mol. The Hall–Kier alpha value is -3.06. The van der Waals surface area contributed by atoms with Crippen molar-refractivity contribution in [2.45, 2.75) is 6.92 Å². The molecule has 2 aromatic heterocycles. The van der Waals surface area contributed by atoms with E-state index in [1.54, 1.807) is 12.2 Å². The molecular formula is C23H23N. The molecule has 0 atom stereocenters. The van der Waals surface area contributed by atoms with Crippen molar-refractivity contribution in [3.8, 4) is 0 Å². The fourth-order valence-corrected chi connectivity index (χ4v) is 2.89. The molecule has 0 aliphatic carbocycles. The first-order chi connectivity index (χ1) is 11.7. The first-order valence-electron chi connectivity index (χ1n) is 7.90. The minimum absolute atomic E-state index is 1.07. The van der Waals surface area contributed by atoms with Crippen LogP contribution in [-0.2, 0) is 0 Å². The van der Waals surface area contributed by atoms with Crippen LogP contribution in [0.25, 0.3) is 35.9 Å². The third kappa shape index (κ3) is 3.02. The molecular weight excluding hydrogens is 290 g/mol. The van der Waals surface area contributed by atoms with Gasteiger partial charge in [0.1, 0.15) is 0 Å². The second-order valence-electron chi connectivity index (χ2n) is 5.22. The normalized spacial score (nSPS) is 14.3. The molecule has 0 unspecified atom stereocenters. The lowest BCUT2D eigenvalue weighted by Gasteiger charge is -1.93. The van der Waals surface area contributed by atoms with E-state index in [0.29, 0.717) is 0 Å². The molecule has 2 heterocycles. The zero-order chi connectivity index (χ0) is 17.5. The van der Waals surface area contributed by atoms with Crippen LogP contribution in [0, 0.1) is 0 Å². The van der Waals surface area contributed by atoms with E-state index in [9.17, 15) is 0 Å². The van der Waals surface area contributed by atoms with E-state index in [-0.39, 0.29) is 0 Å². The van der Waals surface area contributed by atoms with Crippen LogP contribution >= 0.6 is 0 Å². The molecule has 0 fully saturated rings. The summed E-state index contributed by atoms with van der Waals surface area (Å²) in [7, 11) is 0. The van der Waals surface area contributed by atoms with Crippen molar-refractivity contribution in [1.29, 1.82) is 0 Å². The van der Waals surface area contributed by atoms with Crippen molar-refractivity contribution in [2.24, 2.45) is 0 Å². The lowest BCUT2D eigenvalue weighted by atomic mass is 10.1. The highest BCUT2D eigenvalue weighted by atomic mass is 14.9. The molecule has 0 saturated heterocycles. The molecule has 1 nitrogen and oxygen atoms in total. The summed E-state index contributed by atoms with van der Waals surface area (Å²) in [6.45, 7) is 17.5. The number of aromatic nitrogens is 1. The summed E-state index contributed by atoms with van der Waals surface area (Å²) in [4.78, 5) is 0. The Bertz CT molecular complexity index is 1020. The molecule has 0 aliphatic heterocycles. The minimum Gasteiger partial charge on any atom is -0.309 e. The second-order valence-corrected chi connectivity index (χ2v) is 5.22. The van der Waals surface area contributed by atoms with Crippen LogP contribution in [0.5, 0.6) is 0 Å². The largest absolute Gasteiger partial charge is 0.309 e. The van der Waals surface area contributed by atoms with E-state index in [1.165, 1.54) is 0 Å². The van der Waals surface area contributed by atoms with Crippen LogP contribution < -0.4 is 15.8 Å². The highest BCUT2D eigenvalue weighted by Gasteiger charge is 2.11. The zero-order valence-electron chi connectivity index (χ0n) is 14.2. The third-order valence-electron chi connectivity index (χ3n) is 3.75. The maximum absolute atomic E-state index is 4.01. The first kappa shape index (κ1) is 17.3. The van der Waals surface area contributed by atoms with Gasteiger partial charge in [-0.25, -0.2) is 0 Å². The van der Waals surface area contributed by atoms with Gasteiger partial charge < -0.3 is 4.40 Å². The third-order valence-corrected chi connectivity index (χ3v) is 3.75.